The van der Waals surface area contributed by atoms with Crippen LogP contribution in [0.1, 0.15) is 37.7 Å². The molecule has 0 saturated carbocycles. The Balaban J connectivity index is 1.65. The van der Waals surface area contributed by atoms with Crippen molar-refractivity contribution in [1.82, 2.24) is 10.5 Å². The largest absolute Gasteiger partial charge is 0.493 e. The highest BCUT2D eigenvalue weighted by atomic mass is 16.5. The molecule has 33 heavy (non-hydrogen) atoms. The lowest BCUT2D eigenvalue weighted by Gasteiger charge is -2.12. The first-order chi connectivity index (χ1) is 15.8. The fourth-order valence-electron chi connectivity index (χ4n) is 2.96. The molecule has 0 atom stereocenters. The average molecular weight is 452 g/mol. The van der Waals surface area contributed by atoms with Gasteiger partial charge in [0.25, 0.3) is 11.8 Å². The van der Waals surface area contributed by atoms with E-state index in [4.69, 9.17) is 19.7 Å². The van der Waals surface area contributed by atoms with Crippen molar-refractivity contribution in [3.8, 4) is 11.5 Å². The summed E-state index contributed by atoms with van der Waals surface area (Å²) in [5, 5.41) is 9.04. The number of nitrogens with zero attached hydrogens (tertiary/aromatic N) is 1. The maximum atomic E-state index is 12.7. The predicted octanol–water partition coefficient (Wildman–Crippen LogP) is 2.35. The molecule has 0 fully saturated rings. The lowest BCUT2D eigenvalue weighted by molar-refractivity contribution is -0.117. The van der Waals surface area contributed by atoms with Gasteiger partial charge in [-0.1, -0.05) is 5.16 Å². The van der Waals surface area contributed by atoms with Crippen molar-refractivity contribution in [1.29, 1.82) is 0 Å². The van der Waals surface area contributed by atoms with Crippen LogP contribution >= 0.6 is 0 Å². The number of hydrogen-bond donors (Lipinski definition) is 3. The molecule has 4 N–H and O–H groups in total. The normalized spacial score (nSPS) is 10.4. The third-order valence-corrected chi connectivity index (χ3v) is 4.81. The zero-order valence-electron chi connectivity index (χ0n) is 18.4. The van der Waals surface area contributed by atoms with Crippen molar-refractivity contribution >= 4 is 23.4 Å². The fraction of sp³-hybridized carbons (Fsp3) is 0.217. The van der Waals surface area contributed by atoms with Crippen LogP contribution < -0.4 is 25.8 Å². The van der Waals surface area contributed by atoms with Crippen molar-refractivity contribution in [3.63, 3.8) is 0 Å². The van der Waals surface area contributed by atoms with E-state index in [1.165, 1.54) is 19.2 Å². The lowest BCUT2D eigenvalue weighted by atomic mass is 10.1. The van der Waals surface area contributed by atoms with Crippen LogP contribution in [0.4, 0.5) is 5.69 Å². The first-order valence-electron chi connectivity index (χ1n) is 9.99. The summed E-state index contributed by atoms with van der Waals surface area (Å²) in [7, 11) is 1.49. The van der Waals surface area contributed by atoms with Crippen LogP contribution in [0.3, 0.4) is 0 Å². The summed E-state index contributed by atoms with van der Waals surface area (Å²) in [6, 6.07) is 11.1. The van der Waals surface area contributed by atoms with E-state index < -0.39 is 11.8 Å². The molecule has 10 heteroatoms. The highest BCUT2D eigenvalue weighted by molar-refractivity contribution is 6.05. The van der Waals surface area contributed by atoms with Gasteiger partial charge < -0.3 is 30.4 Å². The quantitative estimate of drug-likeness (QED) is 0.452. The molecule has 0 aliphatic heterocycles. The molecule has 1 aromatic heterocycles. The van der Waals surface area contributed by atoms with Crippen LogP contribution in [-0.4, -0.2) is 36.5 Å². The van der Waals surface area contributed by atoms with E-state index in [-0.39, 0.29) is 19.1 Å². The van der Waals surface area contributed by atoms with E-state index in [0.717, 1.165) is 11.3 Å². The summed E-state index contributed by atoms with van der Waals surface area (Å²) in [5.74, 6) is 0.109. The number of carbonyl (C=O) groups excluding carboxylic acids is 3. The maximum Gasteiger partial charge on any atom is 0.255 e. The van der Waals surface area contributed by atoms with Crippen molar-refractivity contribution in [2.24, 2.45) is 5.73 Å². The number of anilines is 1. The average Bonchev–Trinajstić information content (AvgIpc) is 3.13. The number of carbonyl (C=O) groups is 3. The van der Waals surface area contributed by atoms with Gasteiger partial charge in [-0.05, 0) is 56.3 Å². The molecular weight excluding hydrogens is 428 g/mol. The minimum atomic E-state index is -0.636. The number of methoxy groups -OCH3 is 1. The first kappa shape index (κ1) is 23.3. The number of rotatable bonds is 9. The number of nitrogens with one attached hydrogen (secondary N) is 2. The highest BCUT2D eigenvalue weighted by Gasteiger charge is 2.15. The Morgan fingerprint density at radius 2 is 1.70 bits per heavy atom. The SMILES string of the molecule is COc1cc(C(=O)Nc2ccc(C(=O)NCC(N)=O)cc2)ccc1OCc1c(C)noc1C. The molecule has 3 aromatic rings. The number of benzene rings is 2. The van der Waals surface area contributed by atoms with Gasteiger partial charge in [-0.25, -0.2) is 0 Å². The molecule has 0 bridgehead atoms. The van der Waals surface area contributed by atoms with Gasteiger partial charge in [0.1, 0.15) is 12.4 Å². The van der Waals surface area contributed by atoms with E-state index in [1.54, 1.807) is 30.3 Å². The first-order valence-corrected chi connectivity index (χ1v) is 9.99. The van der Waals surface area contributed by atoms with Gasteiger partial charge in [0.2, 0.25) is 5.91 Å². The summed E-state index contributed by atoms with van der Waals surface area (Å²) < 4.78 is 16.3. The molecular formula is C23H24N4O6. The highest BCUT2D eigenvalue weighted by Crippen LogP contribution is 2.30. The Kier molecular flexibility index (Phi) is 7.29. The van der Waals surface area contributed by atoms with Gasteiger partial charge in [0, 0.05) is 16.8 Å². The van der Waals surface area contributed by atoms with Crippen molar-refractivity contribution < 1.29 is 28.4 Å². The number of aryl methyl sites for hydroxylation is 2. The van der Waals surface area contributed by atoms with Gasteiger partial charge in [0.15, 0.2) is 11.5 Å². The Bertz CT molecular complexity index is 1150. The van der Waals surface area contributed by atoms with Crippen LogP contribution in [0.5, 0.6) is 11.5 Å². The van der Waals surface area contributed by atoms with Gasteiger partial charge >= 0.3 is 0 Å². The lowest BCUT2D eigenvalue weighted by Crippen LogP contribution is -2.33. The number of aromatic nitrogens is 1. The maximum absolute atomic E-state index is 12.7. The summed E-state index contributed by atoms with van der Waals surface area (Å²) >= 11 is 0. The molecule has 0 unspecified atom stereocenters. The molecule has 0 aliphatic carbocycles. The van der Waals surface area contributed by atoms with Crippen LogP contribution in [0, 0.1) is 13.8 Å². The Labute approximate surface area is 190 Å². The van der Waals surface area contributed by atoms with E-state index >= 15 is 0 Å². The predicted molar refractivity (Wildman–Crippen MR) is 119 cm³/mol. The van der Waals surface area contributed by atoms with Crippen molar-refractivity contribution in [3.05, 3.63) is 70.6 Å². The molecule has 0 saturated heterocycles. The summed E-state index contributed by atoms with van der Waals surface area (Å²) in [4.78, 5) is 35.4. The van der Waals surface area contributed by atoms with Gasteiger partial charge in [0.05, 0.1) is 24.9 Å². The van der Waals surface area contributed by atoms with Crippen molar-refractivity contribution in [2.75, 3.05) is 19.0 Å². The summed E-state index contributed by atoms with van der Waals surface area (Å²) in [6.07, 6.45) is 0. The third kappa shape index (κ3) is 5.88. The van der Waals surface area contributed by atoms with Gasteiger partial charge in [-0.15, -0.1) is 0 Å². The standard InChI is InChI=1S/C23H24N4O6/c1-13-18(14(2)33-27-13)12-32-19-9-6-16(10-20(19)31-3)23(30)26-17-7-4-15(5-8-17)22(29)25-11-21(24)28/h4-10H,11-12H2,1-3H3,(H2,24,28)(H,25,29)(H,26,30). The number of hydrogen-bond acceptors (Lipinski definition) is 7. The van der Waals surface area contributed by atoms with Crippen LogP contribution in [0.25, 0.3) is 0 Å². The van der Waals surface area contributed by atoms with Crippen molar-refractivity contribution in [2.45, 2.75) is 20.5 Å². The van der Waals surface area contributed by atoms with E-state index in [0.29, 0.717) is 34.1 Å². The zero-order valence-corrected chi connectivity index (χ0v) is 18.4. The molecule has 0 radical (unpaired) electrons. The molecule has 10 nitrogen and oxygen atoms in total. The number of primary amides is 1. The molecule has 172 valence electrons. The minimum Gasteiger partial charge on any atom is -0.493 e. The Hall–Kier alpha value is -4.34. The second-order valence-electron chi connectivity index (χ2n) is 7.14. The second-order valence-corrected chi connectivity index (χ2v) is 7.14. The molecule has 2 aromatic carbocycles. The van der Waals surface area contributed by atoms with Crippen LogP contribution in [-0.2, 0) is 11.4 Å². The topological polar surface area (TPSA) is 146 Å². The van der Waals surface area contributed by atoms with E-state index in [9.17, 15) is 14.4 Å². The van der Waals surface area contributed by atoms with Gasteiger partial charge in [-0.2, -0.15) is 0 Å². The molecule has 3 amide bonds. The Morgan fingerprint density at radius 1 is 1.00 bits per heavy atom. The number of nitrogens with two attached hydrogens (primary N) is 1. The summed E-state index contributed by atoms with van der Waals surface area (Å²) in [5.41, 5.74) is 7.79. The number of ether oxygens (including phenoxy) is 2. The molecule has 0 aliphatic rings. The molecule has 0 spiro atoms. The smallest absolute Gasteiger partial charge is 0.255 e. The van der Waals surface area contributed by atoms with Gasteiger partial charge in [-0.3, -0.25) is 14.4 Å². The fourth-order valence-corrected chi connectivity index (χ4v) is 2.96. The van der Waals surface area contributed by atoms with Crippen LogP contribution in [0.2, 0.25) is 0 Å². The molecule has 1 heterocycles. The Morgan fingerprint density at radius 3 is 2.30 bits per heavy atom. The second kappa shape index (κ2) is 10.3. The summed E-state index contributed by atoms with van der Waals surface area (Å²) in [6.45, 7) is 3.64. The third-order valence-electron chi connectivity index (χ3n) is 4.81. The minimum absolute atomic E-state index is 0.252. The monoisotopic (exact) mass is 452 g/mol. The zero-order chi connectivity index (χ0) is 24.0. The number of amides is 3. The van der Waals surface area contributed by atoms with E-state index in [2.05, 4.69) is 15.8 Å². The molecule has 3 rings (SSSR count). The van der Waals surface area contributed by atoms with E-state index in [1.807, 2.05) is 13.8 Å². The van der Waals surface area contributed by atoms with Crippen LogP contribution in [0.15, 0.2) is 47.0 Å².